The second-order valence-electron chi connectivity index (χ2n) is 5.73. The lowest BCUT2D eigenvalue weighted by Crippen LogP contribution is -2.56. The van der Waals surface area contributed by atoms with E-state index in [1.165, 1.54) is 45.2 Å². The zero-order chi connectivity index (χ0) is 12.0. The van der Waals surface area contributed by atoms with Crippen LogP contribution in [0.3, 0.4) is 0 Å². The van der Waals surface area contributed by atoms with E-state index in [4.69, 9.17) is 0 Å². The fourth-order valence-corrected chi connectivity index (χ4v) is 2.53. The minimum absolute atomic E-state index is 0.291. The van der Waals surface area contributed by atoms with E-state index in [0.717, 1.165) is 6.54 Å². The third kappa shape index (κ3) is 3.74. The lowest BCUT2D eigenvalue weighted by Gasteiger charge is -2.43. The molecule has 2 heteroatoms. The third-order valence-electron chi connectivity index (χ3n) is 4.18. The van der Waals surface area contributed by atoms with Crippen molar-refractivity contribution in [1.29, 1.82) is 0 Å². The molecule has 2 nitrogen and oxygen atoms in total. The maximum absolute atomic E-state index is 3.65. The minimum Gasteiger partial charge on any atom is -0.312 e. The first-order chi connectivity index (χ1) is 7.59. The zero-order valence-corrected chi connectivity index (χ0v) is 11.7. The third-order valence-corrected chi connectivity index (χ3v) is 4.18. The second kappa shape index (κ2) is 6.61. The quantitative estimate of drug-likeness (QED) is 0.775. The van der Waals surface area contributed by atoms with E-state index in [2.05, 4.69) is 37.9 Å². The summed E-state index contributed by atoms with van der Waals surface area (Å²) in [6.07, 6.45) is 6.82. The molecule has 0 radical (unpaired) electrons. The Morgan fingerprint density at radius 3 is 2.19 bits per heavy atom. The molecule has 0 aromatic carbocycles. The van der Waals surface area contributed by atoms with Gasteiger partial charge in [-0.05, 0) is 59.7 Å². The van der Waals surface area contributed by atoms with Crippen molar-refractivity contribution in [3.05, 3.63) is 0 Å². The summed E-state index contributed by atoms with van der Waals surface area (Å²) in [4.78, 5) is 2.69. The standard InChI is InChI=1S/C14H30N2/c1-5-10-15-13(2)14(3,4)16-11-8-6-7-9-12-16/h13,15H,5-12H2,1-4H3. The van der Waals surface area contributed by atoms with Gasteiger partial charge in [-0.25, -0.2) is 0 Å². The average Bonchev–Trinajstić information content (AvgIpc) is 2.54. The summed E-state index contributed by atoms with van der Waals surface area (Å²) >= 11 is 0. The predicted molar refractivity (Wildman–Crippen MR) is 71.9 cm³/mol. The molecule has 0 saturated carbocycles. The maximum atomic E-state index is 3.65. The second-order valence-corrected chi connectivity index (χ2v) is 5.73. The summed E-state index contributed by atoms with van der Waals surface area (Å²) in [5.74, 6) is 0. The Bertz CT molecular complexity index is 181. The van der Waals surface area contributed by atoms with E-state index in [-0.39, 0.29) is 0 Å². The first-order valence-corrected chi connectivity index (χ1v) is 7.07. The summed E-state index contributed by atoms with van der Waals surface area (Å²) in [7, 11) is 0. The van der Waals surface area contributed by atoms with Gasteiger partial charge >= 0.3 is 0 Å². The van der Waals surface area contributed by atoms with Crippen LogP contribution in [0, 0.1) is 0 Å². The molecule has 1 saturated heterocycles. The van der Waals surface area contributed by atoms with Crippen molar-refractivity contribution in [3.8, 4) is 0 Å². The van der Waals surface area contributed by atoms with Gasteiger partial charge in [-0.2, -0.15) is 0 Å². The van der Waals surface area contributed by atoms with E-state index in [9.17, 15) is 0 Å². The van der Waals surface area contributed by atoms with Crippen molar-refractivity contribution in [2.75, 3.05) is 19.6 Å². The normalized spacial score (nSPS) is 21.8. The van der Waals surface area contributed by atoms with Crippen LogP contribution < -0.4 is 5.32 Å². The number of hydrogen-bond donors (Lipinski definition) is 1. The van der Waals surface area contributed by atoms with Gasteiger partial charge in [0.15, 0.2) is 0 Å². The fourth-order valence-electron chi connectivity index (χ4n) is 2.53. The van der Waals surface area contributed by atoms with Crippen molar-refractivity contribution in [3.63, 3.8) is 0 Å². The molecule has 1 aliphatic rings. The molecular formula is C14H30N2. The number of nitrogens with one attached hydrogen (secondary N) is 1. The van der Waals surface area contributed by atoms with E-state index in [0.29, 0.717) is 11.6 Å². The van der Waals surface area contributed by atoms with Gasteiger partial charge in [0.05, 0.1) is 0 Å². The van der Waals surface area contributed by atoms with Crippen LogP contribution in [0.25, 0.3) is 0 Å². The molecule has 1 aliphatic heterocycles. The molecule has 1 heterocycles. The minimum atomic E-state index is 0.291. The van der Waals surface area contributed by atoms with Gasteiger partial charge in [-0.3, -0.25) is 4.90 Å². The highest BCUT2D eigenvalue weighted by Crippen LogP contribution is 2.23. The smallest absolute Gasteiger partial charge is 0.0303 e. The van der Waals surface area contributed by atoms with Crippen LogP contribution in [-0.2, 0) is 0 Å². The SMILES string of the molecule is CCCNC(C)C(C)(C)N1CCCCCC1. The van der Waals surface area contributed by atoms with Crippen LogP contribution in [0.2, 0.25) is 0 Å². The Kier molecular flexibility index (Phi) is 5.77. The van der Waals surface area contributed by atoms with Gasteiger partial charge in [-0.15, -0.1) is 0 Å². The summed E-state index contributed by atoms with van der Waals surface area (Å²) in [6.45, 7) is 13.1. The van der Waals surface area contributed by atoms with E-state index in [1.807, 2.05) is 0 Å². The summed E-state index contributed by atoms with van der Waals surface area (Å²) in [6, 6.07) is 0.575. The van der Waals surface area contributed by atoms with E-state index >= 15 is 0 Å². The first kappa shape index (κ1) is 14.0. The highest BCUT2D eigenvalue weighted by Gasteiger charge is 2.32. The van der Waals surface area contributed by atoms with Gasteiger partial charge in [0.1, 0.15) is 0 Å². The van der Waals surface area contributed by atoms with Crippen LogP contribution in [0.15, 0.2) is 0 Å². The lowest BCUT2D eigenvalue weighted by molar-refractivity contribution is 0.0901. The van der Waals surface area contributed by atoms with Crippen LogP contribution >= 0.6 is 0 Å². The molecule has 96 valence electrons. The topological polar surface area (TPSA) is 15.3 Å². The number of rotatable bonds is 5. The molecule has 1 rings (SSSR count). The van der Waals surface area contributed by atoms with Crippen LogP contribution in [0.5, 0.6) is 0 Å². The van der Waals surface area contributed by atoms with Gasteiger partial charge in [0.25, 0.3) is 0 Å². The predicted octanol–water partition coefficient (Wildman–Crippen LogP) is 3.03. The summed E-state index contributed by atoms with van der Waals surface area (Å²) in [5.41, 5.74) is 0.291. The van der Waals surface area contributed by atoms with Gasteiger partial charge in [0.2, 0.25) is 0 Å². The van der Waals surface area contributed by atoms with Crippen molar-refractivity contribution in [2.45, 2.75) is 71.4 Å². The van der Waals surface area contributed by atoms with E-state index < -0.39 is 0 Å². The molecule has 0 bridgehead atoms. The highest BCUT2D eigenvalue weighted by molar-refractivity contribution is 4.91. The number of likely N-dealkylation sites (tertiary alicyclic amines) is 1. The average molecular weight is 226 g/mol. The zero-order valence-electron chi connectivity index (χ0n) is 11.7. The lowest BCUT2D eigenvalue weighted by atomic mass is 9.93. The van der Waals surface area contributed by atoms with Crippen molar-refractivity contribution in [1.82, 2.24) is 10.2 Å². The number of nitrogens with zero attached hydrogens (tertiary/aromatic N) is 1. The summed E-state index contributed by atoms with van der Waals surface area (Å²) < 4.78 is 0. The molecular weight excluding hydrogens is 196 g/mol. The van der Waals surface area contributed by atoms with E-state index in [1.54, 1.807) is 0 Å². The molecule has 1 fully saturated rings. The Balaban J connectivity index is 2.51. The van der Waals surface area contributed by atoms with Gasteiger partial charge in [-0.1, -0.05) is 19.8 Å². The Morgan fingerprint density at radius 1 is 1.12 bits per heavy atom. The van der Waals surface area contributed by atoms with Gasteiger partial charge < -0.3 is 5.32 Å². The Hall–Kier alpha value is -0.0800. The Labute approximate surface area is 102 Å². The fraction of sp³-hybridized carbons (Fsp3) is 1.00. The molecule has 16 heavy (non-hydrogen) atoms. The molecule has 0 aromatic rings. The maximum Gasteiger partial charge on any atom is 0.0303 e. The van der Waals surface area contributed by atoms with Crippen molar-refractivity contribution < 1.29 is 0 Å². The Morgan fingerprint density at radius 2 is 1.69 bits per heavy atom. The van der Waals surface area contributed by atoms with Crippen molar-refractivity contribution in [2.24, 2.45) is 0 Å². The molecule has 0 aliphatic carbocycles. The van der Waals surface area contributed by atoms with Crippen molar-refractivity contribution >= 4 is 0 Å². The van der Waals surface area contributed by atoms with Crippen LogP contribution in [0.1, 0.15) is 59.8 Å². The molecule has 1 unspecified atom stereocenters. The first-order valence-electron chi connectivity index (χ1n) is 7.07. The molecule has 0 amide bonds. The molecule has 0 spiro atoms. The van der Waals surface area contributed by atoms with Crippen LogP contribution in [0.4, 0.5) is 0 Å². The molecule has 1 N–H and O–H groups in total. The number of hydrogen-bond acceptors (Lipinski definition) is 2. The molecule has 0 aromatic heterocycles. The monoisotopic (exact) mass is 226 g/mol. The molecule has 1 atom stereocenters. The van der Waals surface area contributed by atoms with Crippen LogP contribution in [-0.4, -0.2) is 36.1 Å². The summed E-state index contributed by atoms with van der Waals surface area (Å²) in [5, 5.41) is 3.65. The largest absolute Gasteiger partial charge is 0.312 e. The van der Waals surface area contributed by atoms with Gasteiger partial charge in [0, 0.05) is 11.6 Å². The highest BCUT2D eigenvalue weighted by atomic mass is 15.2.